The van der Waals surface area contributed by atoms with Crippen LogP contribution in [0.3, 0.4) is 0 Å². The fourth-order valence-corrected chi connectivity index (χ4v) is 6.13. The first kappa shape index (κ1) is 33.5. The van der Waals surface area contributed by atoms with Gasteiger partial charge in [0.05, 0.1) is 23.3 Å². The maximum absolute atomic E-state index is 12.6. The van der Waals surface area contributed by atoms with Crippen molar-refractivity contribution >= 4 is 49.7 Å². The predicted octanol–water partition coefficient (Wildman–Crippen LogP) is 6.36. The Hall–Kier alpha value is -5.39. The average Bonchev–Trinajstić information content (AvgIpc) is 3.05. The number of carbonyl (C=O) groups is 2. The van der Waals surface area contributed by atoms with Crippen molar-refractivity contribution in [1.29, 1.82) is 0 Å². The minimum Gasteiger partial charge on any atom is -0.507 e. The summed E-state index contributed by atoms with van der Waals surface area (Å²) >= 11 is 0. The van der Waals surface area contributed by atoms with Gasteiger partial charge in [-0.25, -0.2) is 8.42 Å². The van der Waals surface area contributed by atoms with E-state index in [4.69, 9.17) is 10.5 Å². The Bertz CT molecular complexity index is 1930. The third-order valence-electron chi connectivity index (χ3n) is 7.07. The molecule has 0 aromatic heterocycles. The Balaban J connectivity index is 0.000000242. The third-order valence-corrected chi connectivity index (χ3v) is 9.12. The van der Waals surface area contributed by atoms with Crippen molar-refractivity contribution < 1.29 is 27.9 Å². The summed E-state index contributed by atoms with van der Waals surface area (Å²) in [4.78, 5) is 25.3. The van der Waals surface area contributed by atoms with Gasteiger partial charge in [-0.1, -0.05) is 56.3 Å². The number of ether oxygens (including phenoxy) is 1. The smallest absolute Gasteiger partial charge is 0.259 e. The van der Waals surface area contributed by atoms with Crippen molar-refractivity contribution in [2.75, 3.05) is 36.6 Å². The number of sulfonamides is 1. The number of phenols is 1. The van der Waals surface area contributed by atoms with Gasteiger partial charge in [-0.15, -0.1) is 0 Å². The molecule has 0 aliphatic carbocycles. The lowest BCUT2D eigenvalue weighted by Crippen LogP contribution is -2.30. The maximum Gasteiger partial charge on any atom is 0.259 e. The van der Waals surface area contributed by atoms with Crippen molar-refractivity contribution in [2.45, 2.75) is 18.7 Å². The molecule has 0 saturated heterocycles. The first-order valence-electron chi connectivity index (χ1n) is 14.5. The van der Waals surface area contributed by atoms with Gasteiger partial charge >= 0.3 is 0 Å². The Kier molecular flexibility index (Phi) is 11.0. The van der Waals surface area contributed by atoms with Crippen molar-refractivity contribution in [1.82, 2.24) is 4.31 Å². The van der Waals surface area contributed by atoms with E-state index in [0.717, 1.165) is 5.39 Å². The van der Waals surface area contributed by atoms with Gasteiger partial charge in [0, 0.05) is 30.0 Å². The summed E-state index contributed by atoms with van der Waals surface area (Å²) in [5, 5.41) is 17.3. The SMILES string of the molecule is CCN(CC)S(=O)(=O)c1ccc(OC)c(N)c1.O=C(Nc1ccccc1)c1ccc2cc(O)c(C(=O)Nc3ccccc3)cc2c1. The zero-order valence-corrected chi connectivity index (χ0v) is 26.5. The standard InChI is InChI=1S/C24H18N2O3.C11H18N2O3S/c27-22-15-16-11-12-17(23(28)25-19-7-3-1-4-8-19)13-18(16)14-21(22)24(29)26-20-9-5-2-6-10-20;1-4-13(5-2)17(14,15)9-6-7-11(16-3)10(12)8-9/h1-15,27H,(H,25,28)(H,26,29);6-8H,4-5,12H2,1-3H3. The molecule has 0 fully saturated rings. The van der Waals surface area contributed by atoms with Gasteiger partial charge in [0.1, 0.15) is 11.5 Å². The van der Waals surface area contributed by atoms with E-state index in [2.05, 4.69) is 10.6 Å². The highest BCUT2D eigenvalue weighted by Gasteiger charge is 2.22. The fourth-order valence-electron chi connectivity index (χ4n) is 4.64. The molecule has 0 aliphatic rings. The number of aromatic hydroxyl groups is 1. The number of amides is 2. The van der Waals surface area contributed by atoms with Gasteiger partial charge in [0.25, 0.3) is 11.8 Å². The maximum atomic E-state index is 12.6. The number of nitrogen functional groups attached to an aromatic ring is 1. The Labute approximate surface area is 268 Å². The molecule has 0 spiro atoms. The molecular formula is C35H36N4O6S. The number of para-hydroxylation sites is 2. The molecule has 46 heavy (non-hydrogen) atoms. The molecule has 0 heterocycles. The van der Waals surface area contributed by atoms with Crippen molar-refractivity contribution in [2.24, 2.45) is 0 Å². The van der Waals surface area contributed by atoms with E-state index >= 15 is 0 Å². The molecule has 2 amide bonds. The molecule has 238 valence electrons. The van der Waals surface area contributed by atoms with Crippen LogP contribution in [0.25, 0.3) is 10.8 Å². The summed E-state index contributed by atoms with van der Waals surface area (Å²) < 4.78 is 30.7. The topological polar surface area (TPSA) is 151 Å². The van der Waals surface area contributed by atoms with Crippen LogP contribution in [0.4, 0.5) is 17.1 Å². The van der Waals surface area contributed by atoms with E-state index in [9.17, 15) is 23.1 Å². The number of anilines is 3. The molecule has 0 unspecified atom stereocenters. The van der Waals surface area contributed by atoms with E-state index < -0.39 is 15.9 Å². The second-order valence-electron chi connectivity index (χ2n) is 10.1. The summed E-state index contributed by atoms with van der Waals surface area (Å²) in [6.45, 7) is 4.47. The molecule has 5 N–H and O–H groups in total. The van der Waals surface area contributed by atoms with E-state index in [1.54, 1.807) is 56.3 Å². The van der Waals surface area contributed by atoms with Crippen molar-refractivity contribution in [3.8, 4) is 11.5 Å². The zero-order valence-electron chi connectivity index (χ0n) is 25.7. The van der Waals surface area contributed by atoms with E-state index in [1.165, 1.54) is 29.6 Å². The van der Waals surface area contributed by atoms with Crippen LogP contribution in [-0.4, -0.2) is 49.8 Å². The second-order valence-corrected chi connectivity index (χ2v) is 12.0. The minimum atomic E-state index is -3.45. The van der Waals surface area contributed by atoms with Gasteiger partial charge in [0.15, 0.2) is 0 Å². The molecule has 5 rings (SSSR count). The zero-order chi connectivity index (χ0) is 33.3. The first-order valence-corrected chi connectivity index (χ1v) is 15.9. The fraction of sp³-hybridized carbons (Fsp3) is 0.143. The van der Waals surface area contributed by atoms with Gasteiger partial charge in [0.2, 0.25) is 10.0 Å². The van der Waals surface area contributed by atoms with E-state index in [-0.39, 0.29) is 22.1 Å². The van der Waals surface area contributed by atoms with Crippen molar-refractivity contribution in [3.63, 3.8) is 0 Å². The van der Waals surface area contributed by atoms with Gasteiger partial charge < -0.3 is 26.2 Å². The van der Waals surface area contributed by atoms with Gasteiger partial charge in [-0.2, -0.15) is 4.31 Å². The molecular weight excluding hydrogens is 604 g/mol. The lowest BCUT2D eigenvalue weighted by molar-refractivity contribution is 0.101. The Morgan fingerprint density at radius 1 is 0.761 bits per heavy atom. The molecule has 10 nitrogen and oxygen atoms in total. The molecule has 5 aromatic carbocycles. The largest absolute Gasteiger partial charge is 0.507 e. The van der Waals surface area contributed by atoms with E-state index in [1.807, 2.05) is 48.5 Å². The van der Waals surface area contributed by atoms with Crippen LogP contribution in [0.5, 0.6) is 11.5 Å². The third kappa shape index (κ3) is 8.00. The van der Waals surface area contributed by atoms with Crippen LogP contribution in [0.2, 0.25) is 0 Å². The lowest BCUT2D eigenvalue weighted by atomic mass is 10.0. The summed E-state index contributed by atoms with van der Waals surface area (Å²) in [5.74, 6) is -0.313. The van der Waals surface area contributed by atoms with E-state index in [0.29, 0.717) is 46.9 Å². The average molecular weight is 641 g/mol. The summed E-state index contributed by atoms with van der Waals surface area (Å²) in [6.07, 6.45) is 0. The second kappa shape index (κ2) is 15.1. The number of carbonyl (C=O) groups excluding carboxylic acids is 2. The number of phenolic OH excluding ortho intramolecular Hbond substituents is 1. The van der Waals surface area contributed by atoms with Crippen LogP contribution in [-0.2, 0) is 10.0 Å². The van der Waals surface area contributed by atoms with Crippen LogP contribution >= 0.6 is 0 Å². The number of fused-ring (bicyclic) bond motifs is 1. The molecule has 11 heteroatoms. The van der Waals surface area contributed by atoms with Crippen LogP contribution in [0.15, 0.2) is 114 Å². The Morgan fingerprint density at radius 3 is 1.89 bits per heavy atom. The highest BCUT2D eigenvalue weighted by Crippen LogP contribution is 2.28. The minimum absolute atomic E-state index is 0.118. The molecule has 5 aromatic rings. The first-order chi connectivity index (χ1) is 22.1. The van der Waals surface area contributed by atoms with Crippen LogP contribution < -0.4 is 21.1 Å². The molecule has 0 saturated carbocycles. The normalized spacial score (nSPS) is 11.0. The number of nitrogens with one attached hydrogen (secondary N) is 2. The summed E-state index contributed by atoms with van der Waals surface area (Å²) in [7, 11) is -1.96. The van der Waals surface area contributed by atoms with Gasteiger partial charge in [-0.3, -0.25) is 9.59 Å². The Morgan fingerprint density at radius 2 is 1.35 bits per heavy atom. The molecule has 0 bridgehead atoms. The number of hydrogen-bond acceptors (Lipinski definition) is 7. The quantitative estimate of drug-likeness (QED) is 0.137. The molecule has 0 atom stereocenters. The number of nitrogens with two attached hydrogens (primary N) is 1. The summed E-state index contributed by atoms with van der Waals surface area (Å²) in [6, 6.07) is 30.9. The van der Waals surface area contributed by atoms with Crippen LogP contribution in [0.1, 0.15) is 34.6 Å². The number of rotatable bonds is 9. The summed E-state index contributed by atoms with van der Waals surface area (Å²) in [5.41, 5.74) is 7.96. The van der Waals surface area contributed by atoms with Crippen molar-refractivity contribution in [3.05, 3.63) is 120 Å². The number of methoxy groups -OCH3 is 1. The highest BCUT2D eigenvalue weighted by molar-refractivity contribution is 7.89. The molecule has 0 aliphatic heterocycles. The predicted molar refractivity (Wildman–Crippen MR) is 182 cm³/mol. The van der Waals surface area contributed by atoms with Gasteiger partial charge in [-0.05, 0) is 77.5 Å². The number of nitrogens with zero attached hydrogens (tertiary/aromatic N) is 1. The monoisotopic (exact) mass is 640 g/mol. The van der Waals surface area contributed by atoms with Crippen LogP contribution in [0, 0.1) is 0 Å². The highest BCUT2D eigenvalue weighted by atomic mass is 32.2. The molecule has 0 radical (unpaired) electrons. The lowest BCUT2D eigenvalue weighted by Gasteiger charge is -2.18. The number of hydrogen-bond donors (Lipinski definition) is 4. The number of benzene rings is 5.